The second kappa shape index (κ2) is 3.52. The Balaban J connectivity index is 2.80. The Morgan fingerprint density at radius 1 is 1.50 bits per heavy atom. The minimum absolute atomic E-state index is 0.0398. The maximum Gasteiger partial charge on any atom is 0.308 e. The number of esters is 1. The van der Waals surface area contributed by atoms with Gasteiger partial charge < -0.3 is 4.74 Å². The summed E-state index contributed by atoms with van der Waals surface area (Å²) in [5.74, 6) is -0.154. The number of Topliss-reactive ketones (excluding diaryl/α,β-unsaturated/α-hetero) is 1. The van der Waals surface area contributed by atoms with E-state index in [0.29, 0.717) is 12.2 Å². The summed E-state index contributed by atoms with van der Waals surface area (Å²) >= 11 is 0. The molecule has 0 aromatic rings. The van der Waals surface area contributed by atoms with Crippen LogP contribution in [-0.4, -0.2) is 11.8 Å². The predicted molar refractivity (Wildman–Crippen MR) is 43.3 cm³/mol. The van der Waals surface area contributed by atoms with E-state index in [1.54, 1.807) is 0 Å². The van der Waals surface area contributed by atoms with E-state index in [9.17, 15) is 9.59 Å². The first-order valence-electron chi connectivity index (χ1n) is 4.08. The molecule has 1 rings (SSSR count). The molecule has 0 N–H and O–H groups in total. The molecule has 0 atom stereocenters. The summed E-state index contributed by atoms with van der Waals surface area (Å²) in [6, 6.07) is 0. The lowest BCUT2D eigenvalue weighted by atomic mass is 10.2. The molecule has 0 unspecified atom stereocenters. The van der Waals surface area contributed by atoms with Crippen molar-refractivity contribution in [1.29, 1.82) is 0 Å². The first-order valence-corrected chi connectivity index (χ1v) is 4.08. The highest BCUT2D eigenvalue weighted by Crippen LogP contribution is 2.25. The molecule has 0 saturated carbocycles. The fourth-order valence-corrected chi connectivity index (χ4v) is 1.30. The number of carbonyl (C=O) groups is 2. The van der Waals surface area contributed by atoms with Gasteiger partial charge in [-0.15, -0.1) is 0 Å². The summed E-state index contributed by atoms with van der Waals surface area (Å²) in [5, 5.41) is 0. The van der Waals surface area contributed by atoms with Crippen LogP contribution in [-0.2, 0) is 14.3 Å². The third-order valence-electron chi connectivity index (χ3n) is 1.90. The van der Waals surface area contributed by atoms with Gasteiger partial charge in [0.2, 0.25) is 0 Å². The van der Waals surface area contributed by atoms with Crippen LogP contribution in [0.4, 0.5) is 0 Å². The third-order valence-corrected chi connectivity index (χ3v) is 1.90. The lowest BCUT2D eigenvalue weighted by molar-refractivity contribution is -0.140. The Morgan fingerprint density at radius 3 is 2.67 bits per heavy atom. The zero-order valence-electron chi connectivity index (χ0n) is 7.35. The van der Waals surface area contributed by atoms with Crippen LogP contribution >= 0.6 is 0 Å². The summed E-state index contributed by atoms with van der Waals surface area (Å²) in [6.45, 7) is 3.27. The van der Waals surface area contributed by atoms with Crippen molar-refractivity contribution in [3.63, 3.8) is 0 Å². The molecule has 0 aliphatic heterocycles. The zero-order chi connectivity index (χ0) is 9.14. The fraction of sp³-hybridized carbons (Fsp3) is 0.556. The van der Waals surface area contributed by atoms with E-state index in [4.69, 9.17) is 4.74 Å². The topological polar surface area (TPSA) is 43.4 Å². The van der Waals surface area contributed by atoms with E-state index in [1.165, 1.54) is 6.92 Å². The Morgan fingerprint density at radius 2 is 2.17 bits per heavy atom. The molecule has 66 valence electrons. The molecule has 0 radical (unpaired) electrons. The average Bonchev–Trinajstić information content (AvgIpc) is 2.32. The van der Waals surface area contributed by atoms with E-state index in [1.807, 2.05) is 6.92 Å². The van der Waals surface area contributed by atoms with Crippen molar-refractivity contribution in [3.05, 3.63) is 11.3 Å². The number of carbonyl (C=O) groups excluding carboxylic acids is 2. The lowest BCUT2D eigenvalue weighted by Crippen LogP contribution is -2.05. The van der Waals surface area contributed by atoms with Gasteiger partial charge in [-0.25, -0.2) is 0 Å². The molecule has 0 aromatic heterocycles. The van der Waals surface area contributed by atoms with Gasteiger partial charge in [0.15, 0.2) is 11.5 Å². The van der Waals surface area contributed by atoms with E-state index < -0.39 is 5.97 Å². The van der Waals surface area contributed by atoms with Crippen LogP contribution in [0.15, 0.2) is 11.3 Å². The lowest BCUT2D eigenvalue weighted by Gasteiger charge is -2.02. The molecule has 1 aliphatic carbocycles. The minimum atomic E-state index is -0.411. The van der Waals surface area contributed by atoms with Gasteiger partial charge in [-0.05, 0) is 18.4 Å². The van der Waals surface area contributed by atoms with Crippen LogP contribution < -0.4 is 0 Å². The average molecular weight is 168 g/mol. The summed E-state index contributed by atoms with van der Waals surface area (Å²) in [5.41, 5.74) is 0.968. The maximum atomic E-state index is 11.1. The van der Waals surface area contributed by atoms with E-state index in [0.717, 1.165) is 18.4 Å². The number of hydrogen-bond donors (Lipinski definition) is 0. The highest BCUT2D eigenvalue weighted by molar-refractivity contribution is 5.98. The van der Waals surface area contributed by atoms with Crippen LogP contribution in [0.5, 0.6) is 0 Å². The molecule has 0 spiro atoms. The van der Waals surface area contributed by atoms with Gasteiger partial charge >= 0.3 is 5.97 Å². The maximum absolute atomic E-state index is 11.1. The van der Waals surface area contributed by atoms with Crippen molar-refractivity contribution in [3.8, 4) is 0 Å². The van der Waals surface area contributed by atoms with Crippen molar-refractivity contribution >= 4 is 11.8 Å². The zero-order valence-corrected chi connectivity index (χ0v) is 7.35. The van der Waals surface area contributed by atoms with Gasteiger partial charge in [-0.1, -0.05) is 6.92 Å². The van der Waals surface area contributed by atoms with Crippen molar-refractivity contribution in [2.75, 3.05) is 0 Å². The molecule has 0 amide bonds. The van der Waals surface area contributed by atoms with Crippen molar-refractivity contribution in [1.82, 2.24) is 0 Å². The van der Waals surface area contributed by atoms with Gasteiger partial charge in [0, 0.05) is 13.3 Å². The molecular formula is C9H12O3. The summed E-state index contributed by atoms with van der Waals surface area (Å²) < 4.78 is 4.82. The number of allylic oxidation sites excluding steroid dienone is 2. The molecule has 12 heavy (non-hydrogen) atoms. The van der Waals surface area contributed by atoms with Crippen molar-refractivity contribution in [2.45, 2.75) is 33.1 Å². The van der Waals surface area contributed by atoms with Crippen LogP contribution in [0.25, 0.3) is 0 Å². The van der Waals surface area contributed by atoms with Gasteiger partial charge in [-0.2, -0.15) is 0 Å². The van der Waals surface area contributed by atoms with Crippen LogP contribution in [0.2, 0.25) is 0 Å². The predicted octanol–water partition coefficient (Wildman–Crippen LogP) is 1.58. The van der Waals surface area contributed by atoms with Crippen LogP contribution in [0.3, 0.4) is 0 Å². The minimum Gasteiger partial charge on any atom is -0.423 e. The molecule has 0 saturated heterocycles. The highest BCUT2D eigenvalue weighted by atomic mass is 16.5. The van der Waals surface area contributed by atoms with Crippen LogP contribution in [0, 0.1) is 0 Å². The summed E-state index contributed by atoms with van der Waals surface area (Å²) in [7, 11) is 0. The molecule has 3 heteroatoms. The van der Waals surface area contributed by atoms with Crippen LogP contribution in [0.1, 0.15) is 33.1 Å². The van der Waals surface area contributed by atoms with Gasteiger partial charge in [0.1, 0.15) is 0 Å². The largest absolute Gasteiger partial charge is 0.423 e. The molecule has 0 aromatic carbocycles. The number of rotatable bonds is 2. The smallest absolute Gasteiger partial charge is 0.308 e. The molecule has 0 heterocycles. The van der Waals surface area contributed by atoms with E-state index in [2.05, 4.69) is 0 Å². The van der Waals surface area contributed by atoms with Crippen molar-refractivity contribution in [2.24, 2.45) is 0 Å². The van der Waals surface area contributed by atoms with E-state index >= 15 is 0 Å². The number of hydrogen-bond acceptors (Lipinski definition) is 3. The Bertz CT molecular complexity index is 250. The highest BCUT2D eigenvalue weighted by Gasteiger charge is 2.24. The third kappa shape index (κ3) is 1.72. The molecular weight excluding hydrogens is 156 g/mol. The Hall–Kier alpha value is -1.12. The van der Waals surface area contributed by atoms with Gasteiger partial charge in [0.25, 0.3) is 0 Å². The quantitative estimate of drug-likeness (QED) is 0.588. The second-order valence-corrected chi connectivity index (χ2v) is 2.80. The van der Waals surface area contributed by atoms with Crippen molar-refractivity contribution < 1.29 is 14.3 Å². The second-order valence-electron chi connectivity index (χ2n) is 2.80. The van der Waals surface area contributed by atoms with E-state index in [-0.39, 0.29) is 5.78 Å². The number of ether oxygens (including phenoxy) is 1. The number of ketones is 1. The summed E-state index contributed by atoms with van der Waals surface area (Å²) in [6.07, 6.45) is 2.03. The Labute approximate surface area is 71.4 Å². The SMILES string of the molecule is CCC1=C(OC(C)=O)C(=O)CC1. The normalized spacial score (nSPS) is 17.0. The fourth-order valence-electron chi connectivity index (χ4n) is 1.30. The van der Waals surface area contributed by atoms with Gasteiger partial charge in [0.05, 0.1) is 0 Å². The molecule has 0 fully saturated rings. The first-order chi connectivity index (χ1) is 5.65. The summed E-state index contributed by atoms with van der Waals surface area (Å²) in [4.78, 5) is 21.7. The molecule has 1 aliphatic rings. The standard InChI is InChI=1S/C9H12O3/c1-3-7-4-5-8(11)9(7)12-6(2)10/h3-5H2,1-2H3. The molecule has 3 nitrogen and oxygen atoms in total. The van der Waals surface area contributed by atoms with Gasteiger partial charge in [-0.3, -0.25) is 9.59 Å². The molecule has 0 bridgehead atoms. The first kappa shape index (κ1) is 8.97. The Kier molecular flexibility index (Phi) is 2.63. The monoisotopic (exact) mass is 168 g/mol.